The van der Waals surface area contributed by atoms with Gasteiger partial charge in [0.15, 0.2) is 11.5 Å². The number of fused-ring (bicyclic) bond motifs is 1. The number of aromatic nitrogens is 2. The van der Waals surface area contributed by atoms with Gasteiger partial charge in [-0.15, -0.1) is 0 Å². The van der Waals surface area contributed by atoms with Crippen LogP contribution in [0.5, 0.6) is 17.2 Å². The largest absolute Gasteiger partial charge is 0.507 e. The summed E-state index contributed by atoms with van der Waals surface area (Å²) in [5.41, 5.74) is 2.93. The summed E-state index contributed by atoms with van der Waals surface area (Å²) in [7, 11) is 1.49. The van der Waals surface area contributed by atoms with Crippen LogP contribution in [0.25, 0.3) is 11.3 Å². The SMILES string of the molecule is COc1cc([C@H]2c3c(-c4ccccc4O)n[nH]c3C(=O)N2C[C@@H]2CCCO2)ccc1O. The number of phenolic OH excluding ortho intramolecular Hbond substituents is 2. The summed E-state index contributed by atoms with van der Waals surface area (Å²) in [5.74, 6) is 0.262. The Kier molecular flexibility index (Phi) is 4.78. The van der Waals surface area contributed by atoms with Gasteiger partial charge in [-0.3, -0.25) is 9.89 Å². The molecule has 2 aliphatic heterocycles. The van der Waals surface area contributed by atoms with Crippen molar-refractivity contribution in [3.63, 3.8) is 0 Å². The van der Waals surface area contributed by atoms with Gasteiger partial charge < -0.3 is 24.6 Å². The summed E-state index contributed by atoms with van der Waals surface area (Å²) in [6.07, 6.45) is 1.84. The van der Waals surface area contributed by atoms with Crippen molar-refractivity contribution in [3.05, 3.63) is 59.3 Å². The number of aromatic amines is 1. The first kappa shape index (κ1) is 19.4. The van der Waals surface area contributed by atoms with Gasteiger partial charge in [-0.05, 0) is 42.7 Å². The van der Waals surface area contributed by atoms with E-state index < -0.39 is 6.04 Å². The molecule has 5 rings (SSSR count). The molecule has 8 heteroatoms. The Morgan fingerprint density at radius 2 is 2.06 bits per heavy atom. The van der Waals surface area contributed by atoms with Crippen molar-refractivity contribution in [2.24, 2.45) is 0 Å². The van der Waals surface area contributed by atoms with Crippen LogP contribution in [0.2, 0.25) is 0 Å². The molecule has 0 radical (unpaired) electrons. The number of carbonyl (C=O) groups is 1. The van der Waals surface area contributed by atoms with E-state index in [4.69, 9.17) is 9.47 Å². The molecule has 0 unspecified atom stereocenters. The number of carbonyl (C=O) groups excluding carboxylic acids is 1. The van der Waals surface area contributed by atoms with Crippen LogP contribution in [0.4, 0.5) is 0 Å². The second kappa shape index (κ2) is 7.63. The number of amides is 1. The number of rotatable bonds is 5. The van der Waals surface area contributed by atoms with E-state index in [1.165, 1.54) is 7.11 Å². The zero-order valence-electron chi connectivity index (χ0n) is 17.0. The second-order valence-electron chi connectivity index (χ2n) is 7.80. The number of methoxy groups -OCH3 is 1. The molecule has 1 aromatic heterocycles. The van der Waals surface area contributed by atoms with E-state index in [0.717, 1.165) is 18.4 Å². The zero-order chi connectivity index (χ0) is 21.5. The highest BCUT2D eigenvalue weighted by Crippen LogP contribution is 2.46. The summed E-state index contributed by atoms with van der Waals surface area (Å²) in [6, 6.07) is 11.5. The highest BCUT2D eigenvalue weighted by atomic mass is 16.5. The molecule has 0 saturated carbocycles. The van der Waals surface area contributed by atoms with Gasteiger partial charge in [0.1, 0.15) is 17.1 Å². The standard InChI is InChI=1S/C23H23N3O5/c1-30-18-11-13(8-9-17(18)28)22-19-20(15-6-2-3-7-16(15)27)24-25-21(19)23(29)26(22)12-14-5-4-10-31-14/h2-3,6-9,11,14,22,27-28H,4-5,10,12H2,1H3,(H,24,25)/t14-,22-/m0/s1. The van der Waals surface area contributed by atoms with Crippen LogP contribution in [-0.2, 0) is 4.74 Å². The summed E-state index contributed by atoms with van der Waals surface area (Å²) in [6.45, 7) is 1.13. The summed E-state index contributed by atoms with van der Waals surface area (Å²) >= 11 is 0. The van der Waals surface area contributed by atoms with Crippen molar-refractivity contribution < 1.29 is 24.5 Å². The first-order valence-electron chi connectivity index (χ1n) is 10.2. The Morgan fingerprint density at radius 3 is 2.81 bits per heavy atom. The summed E-state index contributed by atoms with van der Waals surface area (Å²) < 4.78 is 11.1. The first-order valence-corrected chi connectivity index (χ1v) is 10.2. The van der Waals surface area contributed by atoms with Gasteiger partial charge in [0.05, 0.1) is 19.3 Å². The van der Waals surface area contributed by atoms with Crippen molar-refractivity contribution in [1.82, 2.24) is 15.1 Å². The maximum absolute atomic E-state index is 13.4. The van der Waals surface area contributed by atoms with E-state index in [0.29, 0.717) is 41.4 Å². The van der Waals surface area contributed by atoms with Crippen molar-refractivity contribution in [1.29, 1.82) is 0 Å². The van der Waals surface area contributed by atoms with Gasteiger partial charge in [-0.2, -0.15) is 5.10 Å². The van der Waals surface area contributed by atoms with E-state index in [-0.39, 0.29) is 23.5 Å². The van der Waals surface area contributed by atoms with E-state index in [2.05, 4.69) is 10.2 Å². The zero-order valence-corrected chi connectivity index (χ0v) is 17.0. The molecule has 3 aromatic rings. The average molecular weight is 421 g/mol. The topological polar surface area (TPSA) is 108 Å². The van der Waals surface area contributed by atoms with Gasteiger partial charge in [-0.1, -0.05) is 18.2 Å². The molecule has 2 aliphatic rings. The molecule has 1 saturated heterocycles. The van der Waals surface area contributed by atoms with Gasteiger partial charge in [0, 0.05) is 24.3 Å². The molecule has 3 heterocycles. The maximum Gasteiger partial charge on any atom is 0.273 e. The monoisotopic (exact) mass is 421 g/mol. The minimum absolute atomic E-state index is 0.0228. The highest BCUT2D eigenvalue weighted by Gasteiger charge is 2.43. The molecular formula is C23H23N3O5. The molecule has 2 aromatic carbocycles. The van der Waals surface area contributed by atoms with Crippen molar-refractivity contribution in [3.8, 4) is 28.5 Å². The lowest BCUT2D eigenvalue weighted by Crippen LogP contribution is -2.36. The van der Waals surface area contributed by atoms with Crippen LogP contribution in [0.1, 0.15) is 40.5 Å². The predicted molar refractivity (Wildman–Crippen MR) is 112 cm³/mol. The number of H-pyrrole nitrogens is 1. The number of hydrogen-bond donors (Lipinski definition) is 3. The number of benzene rings is 2. The Morgan fingerprint density at radius 1 is 1.23 bits per heavy atom. The van der Waals surface area contributed by atoms with Crippen LogP contribution >= 0.6 is 0 Å². The molecule has 0 spiro atoms. The van der Waals surface area contributed by atoms with E-state index in [1.54, 1.807) is 41.3 Å². The van der Waals surface area contributed by atoms with Crippen LogP contribution in [-0.4, -0.2) is 57.6 Å². The van der Waals surface area contributed by atoms with Crippen molar-refractivity contribution >= 4 is 5.91 Å². The molecule has 3 N–H and O–H groups in total. The average Bonchev–Trinajstić information content (AvgIpc) is 3.49. The molecule has 160 valence electrons. The third-order valence-electron chi connectivity index (χ3n) is 5.97. The molecule has 1 amide bonds. The van der Waals surface area contributed by atoms with Crippen LogP contribution in [0, 0.1) is 0 Å². The summed E-state index contributed by atoms with van der Waals surface area (Å²) in [5, 5.41) is 27.8. The second-order valence-corrected chi connectivity index (χ2v) is 7.80. The van der Waals surface area contributed by atoms with E-state index >= 15 is 0 Å². The predicted octanol–water partition coefficient (Wildman–Crippen LogP) is 3.22. The Bertz CT molecular complexity index is 1140. The number of nitrogens with one attached hydrogen (secondary N) is 1. The fraction of sp³-hybridized carbons (Fsp3) is 0.304. The lowest BCUT2D eigenvalue weighted by molar-refractivity contribution is 0.0495. The van der Waals surface area contributed by atoms with Gasteiger partial charge in [0.2, 0.25) is 0 Å². The molecular weight excluding hydrogens is 398 g/mol. The quantitative estimate of drug-likeness (QED) is 0.584. The van der Waals surface area contributed by atoms with Crippen LogP contribution in [0.15, 0.2) is 42.5 Å². The Balaban J connectivity index is 1.66. The third kappa shape index (κ3) is 3.19. The number of phenols is 2. The van der Waals surface area contributed by atoms with Gasteiger partial charge in [0.25, 0.3) is 5.91 Å². The molecule has 0 aliphatic carbocycles. The lowest BCUT2D eigenvalue weighted by atomic mass is 9.95. The van der Waals surface area contributed by atoms with Gasteiger partial charge in [-0.25, -0.2) is 0 Å². The van der Waals surface area contributed by atoms with Crippen molar-refractivity contribution in [2.75, 3.05) is 20.3 Å². The minimum atomic E-state index is -0.463. The Hall–Kier alpha value is -3.52. The fourth-order valence-corrected chi connectivity index (χ4v) is 4.48. The first-order chi connectivity index (χ1) is 15.1. The lowest BCUT2D eigenvalue weighted by Gasteiger charge is -2.28. The Labute approximate surface area is 179 Å². The number of hydrogen-bond acceptors (Lipinski definition) is 6. The molecule has 31 heavy (non-hydrogen) atoms. The molecule has 1 fully saturated rings. The van der Waals surface area contributed by atoms with Crippen LogP contribution < -0.4 is 4.74 Å². The number of para-hydroxylation sites is 1. The van der Waals surface area contributed by atoms with Crippen LogP contribution in [0.3, 0.4) is 0 Å². The third-order valence-corrected chi connectivity index (χ3v) is 5.97. The fourth-order valence-electron chi connectivity index (χ4n) is 4.48. The molecule has 2 atom stereocenters. The number of nitrogens with zero attached hydrogens (tertiary/aromatic N) is 2. The minimum Gasteiger partial charge on any atom is -0.507 e. The molecule has 8 nitrogen and oxygen atoms in total. The maximum atomic E-state index is 13.4. The van der Waals surface area contributed by atoms with Crippen molar-refractivity contribution in [2.45, 2.75) is 25.0 Å². The highest BCUT2D eigenvalue weighted by molar-refractivity contribution is 6.00. The number of ether oxygens (including phenoxy) is 2. The normalized spacial score (nSPS) is 20.3. The van der Waals surface area contributed by atoms with E-state index in [1.807, 2.05) is 6.07 Å². The summed E-state index contributed by atoms with van der Waals surface area (Å²) in [4.78, 5) is 15.1. The van der Waals surface area contributed by atoms with Gasteiger partial charge >= 0.3 is 0 Å². The van der Waals surface area contributed by atoms with E-state index in [9.17, 15) is 15.0 Å². The smallest absolute Gasteiger partial charge is 0.273 e. The molecule has 0 bridgehead atoms. The number of aromatic hydroxyl groups is 2.